The van der Waals surface area contributed by atoms with E-state index in [1.807, 2.05) is 0 Å². The number of carbonyl (C=O) groups is 3. The lowest BCUT2D eigenvalue weighted by Crippen LogP contribution is -2.30. The van der Waals surface area contributed by atoms with Gasteiger partial charge in [0.25, 0.3) is 0 Å². The van der Waals surface area contributed by atoms with Crippen LogP contribution in [0.2, 0.25) is 0 Å². The topological polar surface area (TPSA) is 78.9 Å². The maximum Gasteiger partial charge on any atom is 0.306 e. The molecule has 0 spiro atoms. The number of rotatable bonds is 45. The van der Waals surface area contributed by atoms with E-state index in [1.165, 1.54) is 57.8 Å². The second-order valence-electron chi connectivity index (χ2n) is 16.7. The highest BCUT2D eigenvalue weighted by Crippen LogP contribution is 2.13. The average Bonchev–Trinajstić information content (AvgIpc) is 3.28. The van der Waals surface area contributed by atoms with Crippen molar-refractivity contribution in [1.82, 2.24) is 0 Å². The summed E-state index contributed by atoms with van der Waals surface area (Å²) < 4.78 is 16.6. The number of carbonyl (C=O) groups excluding carboxylic acids is 3. The summed E-state index contributed by atoms with van der Waals surface area (Å²) in [5.41, 5.74) is 0. The van der Waals surface area contributed by atoms with Gasteiger partial charge in [0, 0.05) is 19.3 Å². The van der Waals surface area contributed by atoms with Crippen LogP contribution in [0.1, 0.15) is 226 Å². The minimum Gasteiger partial charge on any atom is -0.462 e. The Bertz CT molecular complexity index is 1280. The molecule has 0 aliphatic carbocycles. The summed E-state index contributed by atoms with van der Waals surface area (Å²) in [7, 11) is 0. The molecule has 0 rings (SSSR count). The van der Waals surface area contributed by atoms with Crippen LogP contribution in [0.15, 0.2) is 97.2 Å². The third-order valence-electron chi connectivity index (χ3n) is 10.6. The first-order chi connectivity index (χ1) is 31.0. The van der Waals surface area contributed by atoms with E-state index >= 15 is 0 Å². The van der Waals surface area contributed by atoms with Gasteiger partial charge in [0.15, 0.2) is 6.10 Å². The lowest BCUT2D eigenvalue weighted by molar-refractivity contribution is -0.167. The van der Waals surface area contributed by atoms with E-state index in [9.17, 15) is 14.4 Å². The van der Waals surface area contributed by atoms with E-state index in [1.54, 1.807) is 0 Å². The van der Waals surface area contributed by atoms with Crippen LogP contribution in [0.5, 0.6) is 0 Å². The summed E-state index contributed by atoms with van der Waals surface area (Å²) in [6.07, 6.45) is 67.1. The van der Waals surface area contributed by atoms with E-state index in [4.69, 9.17) is 14.2 Å². The van der Waals surface area contributed by atoms with E-state index < -0.39 is 6.10 Å². The quantitative estimate of drug-likeness (QED) is 0.0262. The van der Waals surface area contributed by atoms with Gasteiger partial charge in [0.1, 0.15) is 13.2 Å². The maximum absolute atomic E-state index is 12.7. The summed E-state index contributed by atoms with van der Waals surface area (Å²) in [6, 6.07) is 0. The molecule has 0 aliphatic heterocycles. The number of unbranched alkanes of at least 4 members (excludes halogenated alkanes) is 18. The second-order valence-corrected chi connectivity index (χ2v) is 16.7. The Kier molecular flexibility index (Phi) is 48.0. The van der Waals surface area contributed by atoms with Gasteiger partial charge in [-0.05, 0) is 103 Å². The summed E-state index contributed by atoms with van der Waals surface area (Å²) in [5.74, 6) is -0.943. The molecule has 0 amide bonds. The molecule has 1 unspecified atom stereocenters. The third kappa shape index (κ3) is 49.2. The number of allylic oxidation sites excluding steroid dienone is 16. The molecule has 0 heterocycles. The molecule has 0 N–H and O–H groups in total. The molecule has 0 fully saturated rings. The smallest absolute Gasteiger partial charge is 0.306 e. The fraction of sp³-hybridized carbons (Fsp3) is 0.667. The van der Waals surface area contributed by atoms with Gasteiger partial charge in [-0.15, -0.1) is 0 Å². The molecule has 0 saturated carbocycles. The van der Waals surface area contributed by atoms with Crippen LogP contribution in [0, 0.1) is 0 Å². The molecule has 358 valence electrons. The summed E-state index contributed by atoms with van der Waals surface area (Å²) in [5, 5.41) is 0. The second kappa shape index (κ2) is 51.0. The highest BCUT2D eigenvalue weighted by molar-refractivity contribution is 5.71. The minimum atomic E-state index is -0.789. The minimum absolute atomic E-state index is 0.0909. The molecule has 0 aromatic carbocycles. The molecular formula is C57H94O6. The van der Waals surface area contributed by atoms with E-state index in [0.29, 0.717) is 19.3 Å². The maximum atomic E-state index is 12.7. The van der Waals surface area contributed by atoms with E-state index in [2.05, 4.69) is 118 Å². The zero-order chi connectivity index (χ0) is 45.8. The van der Waals surface area contributed by atoms with Gasteiger partial charge < -0.3 is 14.2 Å². The fourth-order valence-electron chi connectivity index (χ4n) is 6.71. The number of hydrogen-bond donors (Lipinski definition) is 0. The van der Waals surface area contributed by atoms with Crippen molar-refractivity contribution in [2.24, 2.45) is 0 Å². The summed E-state index contributed by atoms with van der Waals surface area (Å²) in [6.45, 7) is 6.37. The van der Waals surface area contributed by atoms with Crippen molar-refractivity contribution >= 4 is 17.9 Å². The lowest BCUT2D eigenvalue weighted by Gasteiger charge is -2.18. The lowest BCUT2D eigenvalue weighted by atomic mass is 10.1. The molecule has 63 heavy (non-hydrogen) atoms. The van der Waals surface area contributed by atoms with E-state index in [0.717, 1.165) is 128 Å². The average molecular weight is 875 g/mol. The molecule has 0 bridgehead atoms. The Hall–Kier alpha value is -3.67. The van der Waals surface area contributed by atoms with Crippen molar-refractivity contribution in [3.63, 3.8) is 0 Å². The Labute approximate surface area is 387 Å². The first kappa shape index (κ1) is 59.3. The van der Waals surface area contributed by atoms with Crippen molar-refractivity contribution in [2.45, 2.75) is 232 Å². The molecule has 0 aliphatic rings. The Balaban J connectivity index is 4.25. The summed E-state index contributed by atoms with van der Waals surface area (Å²) in [4.78, 5) is 37.7. The number of ether oxygens (including phenoxy) is 3. The molecule has 0 radical (unpaired) electrons. The van der Waals surface area contributed by atoms with Crippen LogP contribution < -0.4 is 0 Å². The summed E-state index contributed by atoms with van der Waals surface area (Å²) >= 11 is 0. The zero-order valence-electron chi connectivity index (χ0n) is 40.8. The Morgan fingerprint density at radius 1 is 0.333 bits per heavy atom. The van der Waals surface area contributed by atoms with Crippen LogP contribution >= 0.6 is 0 Å². The predicted molar refractivity (Wildman–Crippen MR) is 270 cm³/mol. The van der Waals surface area contributed by atoms with Crippen molar-refractivity contribution in [2.75, 3.05) is 13.2 Å². The van der Waals surface area contributed by atoms with E-state index in [-0.39, 0.29) is 31.1 Å². The van der Waals surface area contributed by atoms with Gasteiger partial charge in [-0.2, -0.15) is 0 Å². The predicted octanol–water partition coefficient (Wildman–Crippen LogP) is 17.0. The molecule has 6 heteroatoms. The molecule has 1 atom stereocenters. The van der Waals surface area contributed by atoms with Crippen LogP contribution in [0.3, 0.4) is 0 Å². The van der Waals surface area contributed by atoms with Gasteiger partial charge in [0.2, 0.25) is 0 Å². The van der Waals surface area contributed by atoms with Gasteiger partial charge in [-0.3, -0.25) is 14.4 Å². The third-order valence-corrected chi connectivity index (χ3v) is 10.6. The van der Waals surface area contributed by atoms with Crippen molar-refractivity contribution in [3.05, 3.63) is 97.2 Å². The van der Waals surface area contributed by atoms with Crippen molar-refractivity contribution < 1.29 is 28.6 Å². The van der Waals surface area contributed by atoms with Crippen molar-refractivity contribution in [3.8, 4) is 0 Å². The van der Waals surface area contributed by atoms with Gasteiger partial charge in [-0.25, -0.2) is 0 Å². The highest BCUT2D eigenvalue weighted by atomic mass is 16.6. The molecule has 0 saturated heterocycles. The fourth-order valence-corrected chi connectivity index (χ4v) is 6.71. The normalized spacial score (nSPS) is 12.9. The van der Waals surface area contributed by atoms with Gasteiger partial charge in [0.05, 0.1) is 0 Å². The van der Waals surface area contributed by atoms with Crippen LogP contribution in [-0.4, -0.2) is 37.2 Å². The number of hydrogen-bond acceptors (Lipinski definition) is 6. The SMILES string of the molecule is CC/C=C\C/C=C\C/C=C\C/C=C\C/C=C\C/C=C\CCCCCCC(=O)OCC(COC(=O)CCCCCCC)OC(=O)CCCCCCCCC/C=C\C/C=C\CCCCC. The zero-order valence-corrected chi connectivity index (χ0v) is 40.8. The molecule has 0 aromatic rings. The Morgan fingerprint density at radius 3 is 1.00 bits per heavy atom. The number of esters is 3. The largest absolute Gasteiger partial charge is 0.462 e. The molecule has 0 aromatic heterocycles. The van der Waals surface area contributed by atoms with Crippen molar-refractivity contribution in [1.29, 1.82) is 0 Å². The monoisotopic (exact) mass is 875 g/mol. The Morgan fingerprint density at radius 2 is 0.619 bits per heavy atom. The first-order valence-corrected chi connectivity index (χ1v) is 25.7. The van der Waals surface area contributed by atoms with Gasteiger partial charge in [-0.1, -0.05) is 201 Å². The molecular weight excluding hydrogens is 781 g/mol. The highest BCUT2D eigenvalue weighted by Gasteiger charge is 2.19. The standard InChI is InChI=1S/C57H94O6/c1-4-7-10-13-15-17-19-21-23-25-26-27-28-29-30-32-33-35-37-39-41-44-47-50-56(59)62-53-54(52-61-55(58)49-46-43-12-9-6-3)63-57(60)51-48-45-42-40-38-36-34-31-24-22-20-18-16-14-11-8-5-2/h7,10,15-18,21-24,26-27,29-30,33,35,54H,4-6,8-9,11-14,19-20,25,28,31-32,34,36-53H2,1-3H3/b10-7-,17-15-,18-16-,23-21-,24-22-,27-26-,30-29-,35-33-. The van der Waals surface area contributed by atoms with Gasteiger partial charge >= 0.3 is 17.9 Å². The molecule has 6 nitrogen and oxygen atoms in total. The first-order valence-electron chi connectivity index (χ1n) is 25.7. The van der Waals surface area contributed by atoms with Crippen LogP contribution in [-0.2, 0) is 28.6 Å². The van der Waals surface area contributed by atoms with Crippen LogP contribution in [0.4, 0.5) is 0 Å². The van der Waals surface area contributed by atoms with Crippen LogP contribution in [0.25, 0.3) is 0 Å².